The Morgan fingerprint density at radius 1 is 1.55 bits per heavy atom. The molecule has 0 unspecified atom stereocenters. The van der Waals surface area contributed by atoms with Crippen molar-refractivity contribution < 1.29 is 9.15 Å². The summed E-state index contributed by atoms with van der Waals surface area (Å²) in [6.07, 6.45) is 2.91. The molecule has 0 fully saturated rings. The maximum absolute atomic E-state index is 10.8. The number of pyridine rings is 1. The van der Waals surface area contributed by atoms with Gasteiger partial charge in [-0.25, -0.2) is 0 Å². The second kappa shape index (κ2) is 1.99. The Labute approximate surface area is 63.5 Å². The summed E-state index contributed by atoms with van der Waals surface area (Å²) in [5.74, 6) is 0.825. The maximum atomic E-state index is 10.8. The molecule has 0 radical (unpaired) electrons. The van der Waals surface area contributed by atoms with Crippen LogP contribution in [0.1, 0.15) is 5.76 Å². The van der Waals surface area contributed by atoms with Crippen molar-refractivity contribution in [1.29, 1.82) is 0 Å². The first-order chi connectivity index (χ1) is 5.25. The van der Waals surface area contributed by atoms with E-state index in [-0.39, 0.29) is 0 Å². The smallest absolute Gasteiger partial charge is 0.191 e. The minimum Gasteiger partial charge on any atom is -0.619 e. The van der Waals surface area contributed by atoms with Crippen LogP contribution < -0.4 is 4.73 Å². The van der Waals surface area contributed by atoms with Gasteiger partial charge >= 0.3 is 0 Å². The molecule has 0 bridgehead atoms. The Hall–Kier alpha value is -1.51. The first-order valence-corrected chi connectivity index (χ1v) is 3.35. The molecule has 0 aromatic carbocycles. The molecule has 0 aliphatic carbocycles. The third-order valence-electron chi connectivity index (χ3n) is 1.55. The first kappa shape index (κ1) is 6.22. The molecule has 3 nitrogen and oxygen atoms in total. The summed E-state index contributed by atoms with van der Waals surface area (Å²) >= 11 is 0. The number of fused-ring (bicyclic) bond motifs is 1. The molecule has 2 aromatic rings. The van der Waals surface area contributed by atoms with Crippen molar-refractivity contribution in [3.8, 4) is 0 Å². The number of furan rings is 1. The van der Waals surface area contributed by atoms with Gasteiger partial charge in [-0.1, -0.05) is 0 Å². The molecule has 0 N–H and O–H groups in total. The van der Waals surface area contributed by atoms with Gasteiger partial charge in [0.25, 0.3) is 0 Å². The average molecular weight is 149 g/mol. The van der Waals surface area contributed by atoms with Gasteiger partial charge in [-0.2, -0.15) is 4.73 Å². The summed E-state index contributed by atoms with van der Waals surface area (Å²) in [6, 6.07) is 3.50. The highest BCUT2D eigenvalue weighted by atomic mass is 16.5. The van der Waals surface area contributed by atoms with E-state index in [2.05, 4.69) is 0 Å². The molecule has 11 heavy (non-hydrogen) atoms. The van der Waals surface area contributed by atoms with E-state index in [1.807, 2.05) is 13.0 Å². The minimum atomic E-state index is 0.759. The molecule has 3 heteroatoms. The highest BCUT2D eigenvalue weighted by Crippen LogP contribution is 2.15. The van der Waals surface area contributed by atoms with Crippen LogP contribution in [0.25, 0.3) is 11.0 Å². The molecule has 0 atom stereocenters. The summed E-state index contributed by atoms with van der Waals surface area (Å²) in [4.78, 5) is 0. The lowest BCUT2D eigenvalue weighted by molar-refractivity contribution is -0.603. The second-order valence-electron chi connectivity index (χ2n) is 2.48. The number of aryl methyl sites for hydroxylation is 1. The van der Waals surface area contributed by atoms with Gasteiger partial charge in [0, 0.05) is 6.07 Å². The van der Waals surface area contributed by atoms with Crippen LogP contribution in [0, 0.1) is 12.1 Å². The van der Waals surface area contributed by atoms with Crippen molar-refractivity contribution in [1.82, 2.24) is 0 Å². The van der Waals surface area contributed by atoms with Gasteiger partial charge in [-0.05, 0) is 13.0 Å². The van der Waals surface area contributed by atoms with Crippen LogP contribution in [0.5, 0.6) is 0 Å². The monoisotopic (exact) mass is 149 g/mol. The quantitative estimate of drug-likeness (QED) is 0.419. The largest absolute Gasteiger partial charge is 0.619 e. The fraction of sp³-hybridized carbons (Fsp3) is 0.125. The molecular weight excluding hydrogens is 142 g/mol. The van der Waals surface area contributed by atoms with Gasteiger partial charge < -0.3 is 9.62 Å². The van der Waals surface area contributed by atoms with Crippen LogP contribution in [0.15, 0.2) is 28.9 Å². The molecule has 0 spiro atoms. The van der Waals surface area contributed by atoms with Crippen molar-refractivity contribution in [2.75, 3.05) is 0 Å². The van der Waals surface area contributed by atoms with Crippen molar-refractivity contribution in [2.45, 2.75) is 6.92 Å². The first-order valence-electron chi connectivity index (χ1n) is 3.35. The number of aromatic nitrogens is 1. The Balaban J connectivity index is 2.82. The third kappa shape index (κ3) is 0.941. The van der Waals surface area contributed by atoms with Crippen molar-refractivity contribution >= 4 is 11.0 Å². The van der Waals surface area contributed by atoms with Gasteiger partial charge in [0.1, 0.15) is 11.3 Å². The standard InChI is InChI=1S/C8H7NO2/c1-6-4-7-5-9(10)3-2-8(7)11-6/h2-5H,1H3. The lowest BCUT2D eigenvalue weighted by Gasteiger charge is -1.91. The van der Waals surface area contributed by atoms with Crippen LogP contribution in [0.3, 0.4) is 0 Å². The van der Waals surface area contributed by atoms with Crippen molar-refractivity contribution in [3.63, 3.8) is 0 Å². The fourth-order valence-corrected chi connectivity index (χ4v) is 1.10. The summed E-state index contributed by atoms with van der Waals surface area (Å²) in [6.45, 7) is 1.86. The molecular formula is C8H7NO2. The maximum Gasteiger partial charge on any atom is 0.191 e. The number of rotatable bonds is 0. The Bertz CT molecular complexity index is 392. The molecule has 0 amide bonds. The van der Waals surface area contributed by atoms with E-state index >= 15 is 0 Å². The van der Waals surface area contributed by atoms with Crippen LogP contribution in [-0.4, -0.2) is 0 Å². The van der Waals surface area contributed by atoms with Gasteiger partial charge in [-0.15, -0.1) is 0 Å². The van der Waals surface area contributed by atoms with Crippen LogP contribution >= 0.6 is 0 Å². The zero-order valence-corrected chi connectivity index (χ0v) is 6.07. The van der Waals surface area contributed by atoms with E-state index in [0.717, 1.165) is 21.5 Å². The molecule has 2 rings (SSSR count). The van der Waals surface area contributed by atoms with E-state index in [4.69, 9.17) is 4.42 Å². The van der Waals surface area contributed by atoms with Gasteiger partial charge in [0.2, 0.25) is 0 Å². The van der Waals surface area contributed by atoms with E-state index < -0.39 is 0 Å². The normalized spacial score (nSPS) is 10.6. The summed E-state index contributed by atoms with van der Waals surface area (Å²) in [5, 5.41) is 11.6. The summed E-state index contributed by atoms with van der Waals surface area (Å²) < 4.78 is 6.03. The minimum absolute atomic E-state index is 0.759. The molecule has 0 saturated heterocycles. The van der Waals surface area contributed by atoms with Gasteiger partial charge in [-0.3, -0.25) is 0 Å². The van der Waals surface area contributed by atoms with Gasteiger partial charge in [0.15, 0.2) is 12.4 Å². The lowest BCUT2D eigenvalue weighted by Crippen LogP contribution is -2.23. The average Bonchev–Trinajstić information content (AvgIpc) is 2.27. The van der Waals surface area contributed by atoms with E-state index in [9.17, 15) is 5.21 Å². The van der Waals surface area contributed by atoms with Crippen LogP contribution in [0.4, 0.5) is 0 Å². The number of nitrogens with zero attached hydrogens (tertiary/aromatic N) is 1. The van der Waals surface area contributed by atoms with E-state index in [1.165, 1.54) is 12.4 Å². The topological polar surface area (TPSA) is 40.1 Å². The fourth-order valence-electron chi connectivity index (χ4n) is 1.10. The van der Waals surface area contributed by atoms with Crippen LogP contribution in [-0.2, 0) is 0 Å². The molecule has 2 aromatic heterocycles. The molecule has 0 aliphatic rings. The van der Waals surface area contributed by atoms with E-state index in [0.29, 0.717) is 0 Å². The third-order valence-corrected chi connectivity index (χ3v) is 1.55. The summed E-state index contributed by atoms with van der Waals surface area (Å²) in [7, 11) is 0. The Morgan fingerprint density at radius 2 is 2.36 bits per heavy atom. The predicted octanol–water partition coefficient (Wildman–Crippen LogP) is 1.37. The van der Waals surface area contributed by atoms with Crippen molar-refractivity contribution in [2.24, 2.45) is 0 Å². The highest BCUT2D eigenvalue weighted by molar-refractivity contribution is 5.75. The zero-order valence-electron chi connectivity index (χ0n) is 6.07. The Morgan fingerprint density at radius 3 is 3.18 bits per heavy atom. The molecule has 56 valence electrons. The Kier molecular flexibility index (Phi) is 1.12. The molecule has 0 aliphatic heterocycles. The van der Waals surface area contributed by atoms with E-state index in [1.54, 1.807) is 6.07 Å². The van der Waals surface area contributed by atoms with Crippen LogP contribution in [0.2, 0.25) is 0 Å². The molecule has 0 saturated carbocycles. The zero-order chi connectivity index (χ0) is 7.84. The van der Waals surface area contributed by atoms with Gasteiger partial charge in [0.05, 0.1) is 5.39 Å². The summed E-state index contributed by atoms with van der Waals surface area (Å²) in [5.41, 5.74) is 0.759. The SMILES string of the molecule is Cc1cc2c[n+]([O-])ccc2o1. The lowest BCUT2D eigenvalue weighted by atomic mass is 10.3. The highest BCUT2D eigenvalue weighted by Gasteiger charge is 2.01. The predicted molar refractivity (Wildman–Crippen MR) is 39.9 cm³/mol. The molecule has 2 heterocycles. The number of hydrogen-bond acceptors (Lipinski definition) is 2. The second-order valence-corrected chi connectivity index (χ2v) is 2.48. The number of hydrogen-bond donors (Lipinski definition) is 0. The van der Waals surface area contributed by atoms with Crippen molar-refractivity contribution in [3.05, 3.63) is 35.5 Å².